The molecule has 26 heavy (non-hydrogen) atoms. The molecule has 3 nitrogen and oxygen atoms in total. The Kier molecular flexibility index (Phi) is 9.38. The molecule has 3 N–H and O–H groups in total. The van der Waals surface area contributed by atoms with Crippen molar-refractivity contribution < 1.29 is 15.3 Å². The average Bonchev–Trinajstić information content (AvgIpc) is 2.91. The molecule has 3 heteroatoms. The van der Waals surface area contributed by atoms with Gasteiger partial charge in [-0.3, -0.25) is 0 Å². The molecule has 0 heterocycles. The van der Waals surface area contributed by atoms with Crippen LogP contribution in [0.1, 0.15) is 63.9 Å². The van der Waals surface area contributed by atoms with Crippen molar-refractivity contribution in [3.05, 3.63) is 48.0 Å². The van der Waals surface area contributed by atoms with Gasteiger partial charge in [0, 0.05) is 0 Å². The minimum absolute atomic E-state index is 0.0900. The second kappa shape index (κ2) is 11.5. The molecule has 0 radical (unpaired) electrons. The second-order valence-corrected chi connectivity index (χ2v) is 7.80. The third kappa shape index (κ3) is 6.86. The van der Waals surface area contributed by atoms with E-state index in [2.05, 4.69) is 31.2 Å². The van der Waals surface area contributed by atoms with Gasteiger partial charge in [-0.2, -0.15) is 0 Å². The molecular formula is C23H36O3. The summed E-state index contributed by atoms with van der Waals surface area (Å²) in [6, 6.07) is 10.2. The first kappa shape index (κ1) is 21.1. The van der Waals surface area contributed by atoms with Gasteiger partial charge in [-0.25, -0.2) is 0 Å². The minimum Gasteiger partial charge on any atom is -0.393 e. The lowest BCUT2D eigenvalue weighted by atomic mass is 9.85. The maximum atomic E-state index is 10.3. The summed E-state index contributed by atoms with van der Waals surface area (Å²) in [5, 5.41) is 30.9. The summed E-state index contributed by atoms with van der Waals surface area (Å²) in [5.41, 5.74) is 1.25. The highest BCUT2D eigenvalue weighted by Crippen LogP contribution is 2.38. The van der Waals surface area contributed by atoms with Gasteiger partial charge in [0.25, 0.3) is 0 Å². The van der Waals surface area contributed by atoms with E-state index >= 15 is 0 Å². The fourth-order valence-electron chi connectivity index (χ4n) is 4.11. The van der Waals surface area contributed by atoms with Gasteiger partial charge in [0.2, 0.25) is 0 Å². The number of aryl methyl sites for hydroxylation is 1. The number of aliphatic hydroxyl groups excluding tert-OH is 3. The minimum atomic E-state index is -0.444. The molecule has 1 fully saturated rings. The van der Waals surface area contributed by atoms with E-state index in [0.29, 0.717) is 12.8 Å². The van der Waals surface area contributed by atoms with E-state index in [9.17, 15) is 15.3 Å². The molecule has 2 rings (SSSR count). The molecule has 0 amide bonds. The fraction of sp³-hybridized carbons (Fsp3) is 0.652. The molecule has 1 aliphatic rings. The van der Waals surface area contributed by atoms with Crippen LogP contribution in [0.2, 0.25) is 0 Å². The molecule has 5 atom stereocenters. The van der Waals surface area contributed by atoms with Crippen molar-refractivity contribution in [3.63, 3.8) is 0 Å². The predicted molar refractivity (Wildman–Crippen MR) is 107 cm³/mol. The maximum absolute atomic E-state index is 10.3. The van der Waals surface area contributed by atoms with Gasteiger partial charge in [-0.05, 0) is 62.3 Å². The van der Waals surface area contributed by atoms with E-state index in [-0.39, 0.29) is 17.9 Å². The SMILES string of the molecule is CCCC/C=C\C[C@@H]1[C@@H](CC[C@@H](O)CCc2ccccc2)[C@H](O)C[C@@H]1O. The Morgan fingerprint density at radius 2 is 1.77 bits per heavy atom. The first-order valence-corrected chi connectivity index (χ1v) is 10.3. The van der Waals surface area contributed by atoms with Crippen molar-refractivity contribution in [1.29, 1.82) is 0 Å². The monoisotopic (exact) mass is 360 g/mol. The number of benzene rings is 1. The van der Waals surface area contributed by atoms with Crippen LogP contribution in [0.5, 0.6) is 0 Å². The van der Waals surface area contributed by atoms with Crippen molar-refractivity contribution in [2.75, 3.05) is 0 Å². The standard InChI is InChI=1S/C23H36O3/c1-2-3-4-5-9-12-20-21(23(26)17-22(20)25)16-15-19(24)14-13-18-10-7-6-8-11-18/h5-11,19-26H,2-4,12-17H2,1H3/b9-5-/t19-,20+,21+,22-,23+/m0/s1. The lowest BCUT2D eigenvalue weighted by molar-refractivity contribution is 0.0857. The maximum Gasteiger partial charge on any atom is 0.0599 e. The zero-order chi connectivity index (χ0) is 18.8. The number of aliphatic hydroxyl groups is 3. The number of hydrogen-bond donors (Lipinski definition) is 3. The smallest absolute Gasteiger partial charge is 0.0599 e. The van der Waals surface area contributed by atoms with Crippen LogP contribution in [0.15, 0.2) is 42.5 Å². The van der Waals surface area contributed by atoms with Gasteiger partial charge in [-0.15, -0.1) is 0 Å². The molecule has 1 aliphatic carbocycles. The number of unbranched alkanes of at least 4 members (excludes halogenated alkanes) is 2. The lowest BCUT2D eigenvalue weighted by Gasteiger charge is -2.23. The summed E-state index contributed by atoms with van der Waals surface area (Å²) in [4.78, 5) is 0. The third-order valence-electron chi connectivity index (χ3n) is 5.76. The first-order valence-electron chi connectivity index (χ1n) is 10.3. The molecular weight excluding hydrogens is 324 g/mol. The Morgan fingerprint density at radius 3 is 2.50 bits per heavy atom. The highest BCUT2D eigenvalue weighted by Gasteiger charge is 2.40. The molecule has 0 bridgehead atoms. The molecule has 1 aromatic carbocycles. The van der Waals surface area contributed by atoms with Crippen LogP contribution in [-0.4, -0.2) is 33.6 Å². The molecule has 146 valence electrons. The summed E-state index contributed by atoms with van der Waals surface area (Å²) in [6.07, 6.45) is 11.0. The van der Waals surface area contributed by atoms with Gasteiger partial charge >= 0.3 is 0 Å². The van der Waals surface area contributed by atoms with Crippen molar-refractivity contribution in [3.8, 4) is 0 Å². The van der Waals surface area contributed by atoms with Gasteiger partial charge in [0.1, 0.15) is 0 Å². The Balaban J connectivity index is 1.76. The summed E-state index contributed by atoms with van der Waals surface area (Å²) in [7, 11) is 0. The largest absolute Gasteiger partial charge is 0.393 e. The lowest BCUT2D eigenvalue weighted by Crippen LogP contribution is -2.23. The number of hydrogen-bond acceptors (Lipinski definition) is 3. The molecule has 1 aromatic rings. The van der Waals surface area contributed by atoms with Gasteiger partial charge in [-0.1, -0.05) is 62.2 Å². The molecule has 0 aromatic heterocycles. The van der Waals surface area contributed by atoms with Gasteiger partial charge in [0.05, 0.1) is 18.3 Å². The molecule has 1 saturated carbocycles. The van der Waals surface area contributed by atoms with Crippen molar-refractivity contribution in [2.45, 2.75) is 83.0 Å². The normalized spacial score (nSPS) is 27.2. The van der Waals surface area contributed by atoms with Crippen LogP contribution < -0.4 is 0 Å². The van der Waals surface area contributed by atoms with Crippen molar-refractivity contribution in [1.82, 2.24) is 0 Å². The highest BCUT2D eigenvalue weighted by atomic mass is 16.3. The summed E-state index contributed by atoms with van der Waals surface area (Å²) >= 11 is 0. The number of allylic oxidation sites excluding steroid dienone is 2. The van der Waals surface area contributed by atoms with Crippen LogP contribution in [0.4, 0.5) is 0 Å². The highest BCUT2D eigenvalue weighted by molar-refractivity contribution is 5.14. The quantitative estimate of drug-likeness (QED) is 0.408. The van der Waals surface area contributed by atoms with E-state index in [1.165, 1.54) is 18.4 Å². The molecule has 0 unspecified atom stereocenters. The molecule has 0 aliphatic heterocycles. The van der Waals surface area contributed by atoms with E-state index in [1.54, 1.807) is 0 Å². The third-order valence-corrected chi connectivity index (χ3v) is 5.76. The zero-order valence-electron chi connectivity index (χ0n) is 16.1. The Morgan fingerprint density at radius 1 is 1.04 bits per heavy atom. The van der Waals surface area contributed by atoms with Gasteiger partial charge < -0.3 is 15.3 Å². The van der Waals surface area contributed by atoms with Crippen LogP contribution >= 0.6 is 0 Å². The van der Waals surface area contributed by atoms with Crippen LogP contribution in [0, 0.1) is 11.8 Å². The summed E-state index contributed by atoms with van der Waals surface area (Å²) < 4.78 is 0. The zero-order valence-corrected chi connectivity index (χ0v) is 16.1. The molecule has 0 saturated heterocycles. The van der Waals surface area contributed by atoms with Crippen LogP contribution in [-0.2, 0) is 6.42 Å². The Bertz CT molecular complexity index is 513. The average molecular weight is 361 g/mol. The number of rotatable bonds is 11. The van der Waals surface area contributed by atoms with Crippen molar-refractivity contribution >= 4 is 0 Å². The van der Waals surface area contributed by atoms with Gasteiger partial charge in [0.15, 0.2) is 0 Å². The van der Waals surface area contributed by atoms with Crippen LogP contribution in [0.25, 0.3) is 0 Å². The predicted octanol–water partition coefficient (Wildman–Crippen LogP) is 4.25. The molecule has 0 spiro atoms. The van der Waals surface area contributed by atoms with E-state index < -0.39 is 12.2 Å². The topological polar surface area (TPSA) is 60.7 Å². The summed E-state index contributed by atoms with van der Waals surface area (Å²) in [6.45, 7) is 2.18. The Labute approximate surface area is 158 Å². The van der Waals surface area contributed by atoms with E-state index in [1.807, 2.05) is 18.2 Å². The van der Waals surface area contributed by atoms with E-state index in [0.717, 1.165) is 32.1 Å². The van der Waals surface area contributed by atoms with Crippen molar-refractivity contribution in [2.24, 2.45) is 11.8 Å². The fourth-order valence-corrected chi connectivity index (χ4v) is 4.11. The second-order valence-electron chi connectivity index (χ2n) is 7.80. The Hall–Kier alpha value is -1.16. The van der Waals surface area contributed by atoms with E-state index in [4.69, 9.17) is 0 Å². The first-order chi connectivity index (χ1) is 12.6. The summed E-state index contributed by atoms with van der Waals surface area (Å²) in [5.74, 6) is 0.205. The van der Waals surface area contributed by atoms with Crippen LogP contribution in [0.3, 0.4) is 0 Å².